The lowest BCUT2D eigenvalue weighted by molar-refractivity contribution is -0.153. The highest BCUT2D eigenvalue weighted by atomic mass is 32.2. The third kappa shape index (κ3) is 5.84. The Labute approximate surface area is 188 Å². The number of hydrogen-bond acceptors (Lipinski definition) is 6. The number of methoxy groups -OCH3 is 1. The number of amides is 4. The summed E-state index contributed by atoms with van der Waals surface area (Å²) >= 11 is 1.40. The first kappa shape index (κ1) is 23.7. The second kappa shape index (κ2) is 11.1. The Kier molecular flexibility index (Phi) is 8.45. The van der Waals surface area contributed by atoms with Crippen LogP contribution in [0, 0.1) is 0 Å². The number of carbonyl (C=O) groups excluding carboxylic acids is 4. The molecule has 31 heavy (non-hydrogen) atoms. The summed E-state index contributed by atoms with van der Waals surface area (Å²) in [6.07, 6.45) is 8.91. The molecule has 1 saturated carbocycles. The minimum atomic E-state index is -0.676. The number of esters is 1. The SMILES string of the molecule is COC(=O)C1CCCN1C(=O)C1CC(NC(=O)NC2CCCCC2)CN1C(=O)CSC. The zero-order valence-electron chi connectivity index (χ0n) is 18.4. The van der Waals surface area contributed by atoms with E-state index in [0.717, 1.165) is 32.1 Å². The van der Waals surface area contributed by atoms with Gasteiger partial charge in [0.25, 0.3) is 0 Å². The van der Waals surface area contributed by atoms with Gasteiger partial charge >= 0.3 is 12.0 Å². The Morgan fingerprint density at radius 3 is 2.32 bits per heavy atom. The smallest absolute Gasteiger partial charge is 0.328 e. The average Bonchev–Trinajstić information content (AvgIpc) is 3.41. The summed E-state index contributed by atoms with van der Waals surface area (Å²) in [4.78, 5) is 53.7. The van der Waals surface area contributed by atoms with Gasteiger partial charge < -0.3 is 25.2 Å². The largest absolute Gasteiger partial charge is 0.467 e. The van der Waals surface area contributed by atoms with Crippen LogP contribution in [0.4, 0.5) is 4.79 Å². The third-order valence-electron chi connectivity index (χ3n) is 6.46. The number of urea groups is 1. The van der Waals surface area contributed by atoms with E-state index in [0.29, 0.717) is 25.9 Å². The van der Waals surface area contributed by atoms with E-state index in [1.165, 1.54) is 25.3 Å². The maximum Gasteiger partial charge on any atom is 0.328 e. The molecular weight excluding hydrogens is 420 g/mol. The van der Waals surface area contributed by atoms with Crippen LogP contribution in [0.2, 0.25) is 0 Å². The zero-order chi connectivity index (χ0) is 22.4. The Morgan fingerprint density at radius 2 is 1.65 bits per heavy atom. The van der Waals surface area contributed by atoms with Gasteiger partial charge in [-0.05, 0) is 38.4 Å². The molecule has 2 saturated heterocycles. The van der Waals surface area contributed by atoms with Crippen LogP contribution in [0.25, 0.3) is 0 Å². The van der Waals surface area contributed by atoms with Crippen LogP contribution in [-0.2, 0) is 19.1 Å². The highest BCUT2D eigenvalue weighted by Crippen LogP contribution is 2.26. The average molecular weight is 455 g/mol. The van der Waals surface area contributed by atoms with Crippen molar-refractivity contribution in [3.63, 3.8) is 0 Å². The lowest BCUT2D eigenvalue weighted by atomic mass is 9.96. The molecule has 3 fully saturated rings. The predicted octanol–water partition coefficient (Wildman–Crippen LogP) is 1.11. The Morgan fingerprint density at radius 1 is 0.935 bits per heavy atom. The maximum absolute atomic E-state index is 13.3. The third-order valence-corrected chi connectivity index (χ3v) is 6.99. The van der Waals surface area contributed by atoms with Gasteiger partial charge in [-0.25, -0.2) is 9.59 Å². The van der Waals surface area contributed by atoms with Crippen LogP contribution >= 0.6 is 11.8 Å². The van der Waals surface area contributed by atoms with Crippen molar-refractivity contribution in [1.82, 2.24) is 20.4 Å². The molecule has 0 bridgehead atoms. The number of nitrogens with one attached hydrogen (secondary N) is 2. The quantitative estimate of drug-likeness (QED) is 0.582. The summed E-state index contributed by atoms with van der Waals surface area (Å²) in [6.45, 7) is 0.768. The van der Waals surface area contributed by atoms with E-state index in [-0.39, 0.29) is 35.7 Å². The van der Waals surface area contributed by atoms with E-state index in [4.69, 9.17) is 4.74 Å². The van der Waals surface area contributed by atoms with Crippen molar-refractivity contribution >= 4 is 35.6 Å². The Hall–Kier alpha value is -1.97. The van der Waals surface area contributed by atoms with Gasteiger partial charge in [0.2, 0.25) is 11.8 Å². The summed E-state index contributed by atoms with van der Waals surface area (Å²) in [5.74, 6) is -0.520. The summed E-state index contributed by atoms with van der Waals surface area (Å²) < 4.78 is 4.85. The number of nitrogens with zero attached hydrogens (tertiary/aromatic N) is 2. The lowest BCUT2D eigenvalue weighted by Crippen LogP contribution is -2.51. The van der Waals surface area contributed by atoms with Crippen LogP contribution in [0.3, 0.4) is 0 Å². The van der Waals surface area contributed by atoms with Crippen molar-refractivity contribution in [3.05, 3.63) is 0 Å². The van der Waals surface area contributed by atoms with Gasteiger partial charge in [-0.2, -0.15) is 11.8 Å². The van der Waals surface area contributed by atoms with Gasteiger partial charge in [0.05, 0.1) is 18.9 Å². The van der Waals surface area contributed by atoms with Crippen LogP contribution in [0.15, 0.2) is 0 Å². The van der Waals surface area contributed by atoms with Gasteiger partial charge in [-0.3, -0.25) is 9.59 Å². The summed E-state index contributed by atoms with van der Waals surface area (Å²) in [6, 6.07) is -1.63. The monoisotopic (exact) mass is 454 g/mol. The van der Waals surface area contributed by atoms with Crippen molar-refractivity contribution in [2.75, 3.05) is 32.2 Å². The molecule has 3 unspecified atom stereocenters. The molecule has 174 valence electrons. The number of carbonyl (C=O) groups is 4. The molecule has 2 heterocycles. The van der Waals surface area contributed by atoms with Crippen LogP contribution in [-0.4, -0.2) is 90.0 Å². The number of rotatable bonds is 6. The van der Waals surface area contributed by atoms with Gasteiger partial charge in [0.1, 0.15) is 12.1 Å². The minimum Gasteiger partial charge on any atom is -0.467 e. The highest BCUT2D eigenvalue weighted by Gasteiger charge is 2.45. The van der Waals surface area contributed by atoms with E-state index < -0.39 is 18.1 Å². The van der Waals surface area contributed by atoms with E-state index in [1.54, 1.807) is 9.80 Å². The van der Waals surface area contributed by atoms with Crippen LogP contribution < -0.4 is 10.6 Å². The molecule has 9 nitrogen and oxygen atoms in total. The normalized spacial score (nSPS) is 26.6. The first-order valence-corrected chi connectivity index (χ1v) is 12.6. The van der Waals surface area contributed by atoms with Crippen molar-refractivity contribution in [2.45, 2.75) is 75.5 Å². The van der Waals surface area contributed by atoms with Gasteiger partial charge in [-0.1, -0.05) is 19.3 Å². The van der Waals surface area contributed by atoms with Crippen molar-refractivity contribution in [2.24, 2.45) is 0 Å². The number of thioether (sulfide) groups is 1. The molecule has 1 aliphatic carbocycles. The number of likely N-dealkylation sites (tertiary alicyclic amines) is 2. The molecule has 0 aromatic carbocycles. The fourth-order valence-electron chi connectivity index (χ4n) is 4.92. The van der Waals surface area contributed by atoms with Gasteiger partial charge in [0.15, 0.2) is 0 Å². The number of ether oxygens (including phenoxy) is 1. The topological polar surface area (TPSA) is 108 Å². The summed E-state index contributed by atoms with van der Waals surface area (Å²) in [7, 11) is 1.32. The molecule has 2 aliphatic heterocycles. The predicted molar refractivity (Wildman–Crippen MR) is 118 cm³/mol. The first-order chi connectivity index (χ1) is 14.9. The summed E-state index contributed by atoms with van der Waals surface area (Å²) in [5, 5.41) is 5.99. The molecular formula is C21H34N4O5S. The first-order valence-electron chi connectivity index (χ1n) is 11.2. The Bertz CT molecular complexity index is 685. The molecule has 10 heteroatoms. The maximum atomic E-state index is 13.3. The van der Waals surface area contributed by atoms with E-state index >= 15 is 0 Å². The van der Waals surface area contributed by atoms with Crippen LogP contribution in [0.1, 0.15) is 51.4 Å². The second-order valence-corrected chi connectivity index (χ2v) is 9.46. The molecule has 3 atom stereocenters. The van der Waals surface area contributed by atoms with E-state index in [9.17, 15) is 19.2 Å². The van der Waals surface area contributed by atoms with Crippen molar-refractivity contribution in [1.29, 1.82) is 0 Å². The zero-order valence-corrected chi connectivity index (χ0v) is 19.2. The fraction of sp³-hybridized carbons (Fsp3) is 0.810. The molecule has 0 aromatic heterocycles. The van der Waals surface area contributed by atoms with E-state index in [1.807, 2.05) is 6.26 Å². The molecule has 2 N–H and O–H groups in total. The fourth-order valence-corrected chi connectivity index (χ4v) is 5.33. The van der Waals surface area contributed by atoms with Gasteiger partial charge in [0, 0.05) is 19.1 Å². The molecule has 3 aliphatic rings. The molecule has 0 aromatic rings. The molecule has 3 rings (SSSR count). The van der Waals surface area contributed by atoms with Crippen molar-refractivity contribution < 1.29 is 23.9 Å². The molecule has 0 spiro atoms. The highest BCUT2D eigenvalue weighted by molar-refractivity contribution is 7.99. The van der Waals surface area contributed by atoms with E-state index in [2.05, 4.69) is 10.6 Å². The van der Waals surface area contributed by atoms with Gasteiger partial charge in [-0.15, -0.1) is 0 Å². The standard InChI is InChI=1S/C21H34N4O5S/c1-30-20(28)16-9-6-10-24(16)19(27)17-11-15(12-25(17)18(26)13-31-2)23-21(29)22-14-7-4-3-5-8-14/h14-17H,3-13H2,1-2H3,(H2,22,23,29). The van der Waals surface area contributed by atoms with Crippen molar-refractivity contribution in [3.8, 4) is 0 Å². The number of hydrogen-bond donors (Lipinski definition) is 2. The summed E-state index contributed by atoms with van der Waals surface area (Å²) in [5.41, 5.74) is 0. The second-order valence-electron chi connectivity index (χ2n) is 8.59. The van der Waals surface area contributed by atoms with Crippen LogP contribution in [0.5, 0.6) is 0 Å². The minimum absolute atomic E-state index is 0.128. The molecule has 4 amide bonds. The lowest BCUT2D eigenvalue weighted by Gasteiger charge is -2.30. The molecule has 0 radical (unpaired) electrons. The Balaban J connectivity index is 1.65.